The van der Waals surface area contributed by atoms with Gasteiger partial charge in [-0.3, -0.25) is 9.40 Å². The van der Waals surface area contributed by atoms with Crippen LogP contribution in [0.2, 0.25) is 0 Å². The smallest absolute Gasteiger partial charge is 0.261 e. The second-order valence-electron chi connectivity index (χ2n) is 5.53. The van der Waals surface area contributed by atoms with Gasteiger partial charge in [-0.05, 0) is 24.6 Å². The molecule has 1 heterocycles. The van der Waals surface area contributed by atoms with E-state index in [9.17, 15) is 8.42 Å². The molecule has 1 N–H and O–H groups in total. The summed E-state index contributed by atoms with van der Waals surface area (Å²) < 4.78 is 29.1. The van der Waals surface area contributed by atoms with Gasteiger partial charge in [-0.15, -0.1) is 0 Å². The van der Waals surface area contributed by atoms with Crippen LogP contribution in [0, 0.1) is 18.3 Å². The summed E-state index contributed by atoms with van der Waals surface area (Å²) >= 11 is 0. The van der Waals surface area contributed by atoms with Crippen LogP contribution in [-0.2, 0) is 16.6 Å². The number of hydrogen-bond donors (Lipinski definition) is 1. The Bertz CT molecular complexity index is 1020. The van der Waals surface area contributed by atoms with E-state index in [0.29, 0.717) is 5.56 Å². The molecule has 0 spiro atoms. The minimum Gasteiger partial charge on any atom is -0.261 e. The Balaban J connectivity index is 2.03. The molecule has 2 aromatic carbocycles. The van der Waals surface area contributed by atoms with Crippen molar-refractivity contribution in [2.24, 2.45) is 0 Å². The highest BCUT2D eigenvalue weighted by molar-refractivity contribution is 7.92. The lowest BCUT2D eigenvalue weighted by Crippen LogP contribution is -2.14. The lowest BCUT2D eigenvalue weighted by atomic mass is 10.1. The molecule has 3 aromatic rings. The van der Waals surface area contributed by atoms with Gasteiger partial charge in [0.1, 0.15) is 6.54 Å². The van der Waals surface area contributed by atoms with E-state index in [1.54, 1.807) is 24.4 Å². The number of nitriles is 1. The van der Waals surface area contributed by atoms with Gasteiger partial charge < -0.3 is 0 Å². The van der Waals surface area contributed by atoms with E-state index in [-0.39, 0.29) is 17.3 Å². The molecule has 25 heavy (non-hydrogen) atoms. The minimum atomic E-state index is -3.76. The summed E-state index contributed by atoms with van der Waals surface area (Å²) in [5.41, 5.74) is 2.54. The highest BCUT2D eigenvalue weighted by atomic mass is 32.2. The number of nitrogens with zero attached hydrogens (tertiary/aromatic N) is 3. The van der Waals surface area contributed by atoms with Gasteiger partial charge in [0.15, 0.2) is 5.82 Å². The molecule has 126 valence electrons. The molecular formula is C18H16N4O2S. The number of benzene rings is 2. The lowest BCUT2D eigenvalue weighted by Gasteiger charge is -2.08. The van der Waals surface area contributed by atoms with Gasteiger partial charge in [-0.1, -0.05) is 48.0 Å². The van der Waals surface area contributed by atoms with Gasteiger partial charge in [0.25, 0.3) is 10.0 Å². The SMILES string of the molecule is Cc1ccc(-c2cn(CC#N)nc2NS(=O)(=O)c2ccccc2)cc1. The normalized spacial score (nSPS) is 11.0. The van der Waals surface area contributed by atoms with Crippen molar-refractivity contribution in [3.63, 3.8) is 0 Å². The Morgan fingerprint density at radius 1 is 1.12 bits per heavy atom. The Hall–Kier alpha value is -3.11. The summed E-state index contributed by atoms with van der Waals surface area (Å²) in [7, 11) is -3.76. The number of aromatic nitrogens is 2. The molecule has 0 aliphatic carbocycles. The van der Waals surface area contributed by atoms with Gasteiger partial charge in [0.05, 0.1) is 11.0 Å². The molecule has 0 unspecified atom stereocenters. The van der Waals surface area contributed by atoms with E-state index in [1.165, 1.54) is 16.8 Å². The number of anilines is 1. The summed E-state index contributed by atoms with van der Waals surface area (Å²) in [4.78, 5) is 0.152. The van der Waals surface area contributed by atoms with Crippen LogP contribution in [0.4, 0.5) is 5.82 Å². The third kappa shape index (κ3) is 3.70. The molecule has 0 saturated carbocycles. The maximum absolute atomic E-state index is 12.6. The first-order valence-electron chi connectivity index (χ1n) is 7.59. The molecule has 7 heteroatoms. The lowest BCUT2D eigenvalue weighted by molar-refractivity contribution is 0.600. The van der Waals surface area contributed by atoms with Crippen molar-refractivity contribution in [1.82, 2.24) is 9.78 Å². The zero-order chi connectivity index (χ0) is 17.9. The monoisotopic (exact) mass is 352 g/mol. The quantitative estimate of drug-likeness (QED) is 0.764. The third-order valence-electron chi connectivity index (χ3n) is 3.64. The van der Waals surface area contributed by atoms with E-state index in [4.69, 9.17) is 5.26 Å². The van der Waals surface area contributed by atoms with Crippen molar-refractivity contribution in [3.8, 4) is 17.2 Å². The maximum atomic E-state index is 12.6. The van der Waals surface area contributed by atoms with Gasteiger partial charge >= 0.3 is 0 Å². The molecule has 0 amide bonds. The van der Waals surface area contributed by atoms with E-state index in [2.05, 4.69) is 9.82 Å². The number of sulfonamides is 1. The Morgan fingerprint density at radius 3 is 2.44 bits per heavy atom. The fourth-order valence-electron chi connectivity index (χ4n) is 2.38. The zero-order valence-electron chi connectivity index (χ0n) is 13.5. The molecule has 6 nitrogen and oxygen atoms in total. The number of rotatable bonds is 5. The highest BCUT2D eigenvalue weighted by Gasteiger charge is 2.19. The molecule has 0 atom stereocenters. The second-order valence-corrected chi connectivity index (χ2v) is 7.21. The first-order valence-corrected chi connectivity index (χ1v) is 9.07. The zero-order valence-corrected chi connectivity index (χ0v) is 14.4. The molecule has 0 fully saturated rings. The van der Waals surface area contributed by atoms with E-state index in [1.807, 2.05) is 37.3 Å². The molecule has 0 radical (unpaired) electrons. The number of hydrogen-bond acceptors (Lipinski definition) is 4. The minimum absolute atomic E-state index is 0.0337. The van der Waals surface area contributed by atoms with Crippen molar-refractivity contribution in [1.29, 1.82) is 5.26 Å². The fourth-order valence-corrected chi connectivity index (χ4v) is 3.42. The molecule has 3 rings (SSSR count). The summed E-state index contributed by atoms with van der Waals surface area (Å²) in [6.07, 6.45) is 1.66. The predicted octanol–water partition coefficient (Wildman–Crippen LogP) is 3.18. The predicted molar refractivity (Wildman–Crippen MR) is 95.3 cm³/mol. The maximum Gasteiger partial charge on any atom is 0.263 e. The first-order chi connectivity index (χ1) is 12.0. The van der Waals surface area contributed by atoms with Gasteiger partial charge in [-0.2, -0.15) is 10.4 Å². The standard InChI is InChI=1S/C18H16N4O2S/c1-14-7-9-15(10-8-14)17-13-22(12-11-19)20-18(17)21-25(23,24)16-5-3-2-4-6-16/h2-10,13H,12H2,1H3,(H,20,21). The Kier molecular flexibility index (Phi) is 4.55. The van der Waals surface area contributed by atoms with Crippen molar-refractivity contribution >= 4 is 15.8 Å². The largest absolute Gasteiger partial charge is 0.263 e. The Morgan fingerprint density at radius 2 is 1.80 bits per heavy atom. The van der Waals surface area contributed by atoms with E-state index >= 15 is 0 Å². The van der Waals surface area contributed by atoms with Crippen molar-refractivity contribution in [2.45, 2.75) is 18.4 Å². The van der Waals surface area contributed by atoms with Crippen LogP contribution in [-0.4, -0.2) is 18.2 Å². The fraction of sp³-hybridized carbons (Fsp3) is 0.111. The van der Waals surface area contributed by atoms with Crippen molar-refractivity contribution in [3.05, 3.63) is 66.4 Å². The van der Waals surface area contributed by atoms with Crippen molar-refractivity contribution in [2.75, 3.05) is 4.72 Å². The van der Waals surface area contributed by atoms with Crippen LogP contribution < -0.4 is 4.72 Å². The van der Waals surface area contributed by atoms with Gasteiger partial charge in [0, 0.05) is 11.8 Å². The van der Waals surface area contributed by atoms with Crippen molar-refractivity contribution < 1.29 is 8.42 Å². The Labute approximate surface area is 146 Å². The van der Waals surface area contributed by atoms with Crippen LogP contribution in [0.25, 0.3) is 11.1 Å². The topological polar surface area (TPSA) is 87.8 Å². The first kappa shape index (κ1) is 16.7. The number of nitrogens with one attached hydrogen (secondary N) is 1. The molecule has 0 aliphatic heterocycles. The second kappa shape index (κ2) is 6.79. The summed E-state index contributed by atoms with van der Waals surface area (Å²) in [6.45, 7) is 2.01. The average Bonchev–Trinajstić information content (AvgIpc) is 2.98. The highest BCUT2D eigenvalue weighted by Crippen LogP contribution is 2.29. The molecule has 0 saturated heterocycles. The third-order valence-corrected chi connectivity index (χ3v) is 5.00. The van der Waals surface area contributed by atoms with Crippen LogP contribution >= 0.6 is 0 Å². The molecule has 1 aromatic heterocycles. The van der Waals surface area contributed by atoms with E-state index in [0.717, 1.165) is 11.1 Å². The molecule has 0 bridgehead atoms. The molecule has 0 aliphatic rings. The average molecular weight is 352 g/mol. The number of aryl methyl sites for hydroxylation is 1. The van der Waals surface area contributed by atoms with Crippen LogP contribution in [0.15, 0.2) is 65.7 Å². The van der Waals surface area contributed by atoms with Crippen LogP contribution in [0.3, 0.4) is 0 Å². The van der Waals surface area contributed by atoms with Crippen LogP contribution in [0.5, 0.6) is 0 Å². The van der Waals surface area contributed by atoms with Crippen LogP contribution in [0.1, 0.15) is 5.56 Å². The summed E-state index contributed by atoms with van der Waals surface area (Å²) in [5, 5.41) is 13.1. The summed E-state index contributed by atoms with van der Waals surface area (Å²) in [6, 6.07) is 17.8. The van der Waals surface area contributed by atoms with Gasteiger partial charge in [-0.25, -0.2) is 8.42 Å². The van der Waals surface area contributed by atoms with E-state index < -0.39 is 10.0 Å². The summed E-state index contributed by atoms with van der Waals surface area (Å²) in [5.74, 6) is 0.197. The molecular weight excluding hydrogens is 336 g/mol. The van der Waals surface area contributed by atoms with Gasteiger partial charge in [0.2, 0.25) is 0 Å².